The van der Waals surface area contributed by atoms with Gasteiger partial charge in [-0.3, -0.25) is 9.89 Å². The molecule has 1 saturated heterocycles. The second-order valence-corrected chi connectivity index (χ2v) is 10.7. The van der Waals surface area contributed by atoms with Gasteiger partial charge in [-0.15, -0.1) is 10.0 Å². The summed E-state index contributed by atoms with van der Waals surface area (Å²) in [7, 11) is 3.15. The molecule has 2 aromatic carbocycles. The quantitative estimate of drug-likeness (QED) is 0.279. The van der Waals surface area contributed by atoms with Crippen molar-refractivity contribution >= 4 is 33.0 Å². The summed E-state index contributed by atoms with van der Waals surface area (Å²) in [4.78, 5) is 22.9. The predicted octanol–water partition coefficient (Wildman–Crippen LogP) is 6.04. The molecule has 1 amide bonds. The largest absolute Gasteiger partial charge is 0.497 e. The van der Waals surface area contributed by atoms with Crippen molar-refractivity contribution in [2.45, 2.75) is 38.2 Å². The molecule has 0 saturated carbocycles. The number of hydrogen-bond donors (Lipinski definition) is 1. The zero-order chi connectivity index (χ0) is 29.9. The lowest BCUT2D eigenvalue weighted by atomic mass is 9.89. The maximum Gasteiger partial charge on any atom is 0.410 e. The van der Waals surface area contributed by atoms with E-state index in [0.717, 1.165) is 10.5 Å². The third-order valence-corrected chi connectivity index (χ3v) is 8.26. The normalized spacial score (nSPS) is 23.5. The number of methoxy groups -OCH3 is 2. The summed E-state index contributed by atoms with van der Waals surface area (Å²) in [6, 6.07) is 12.4. The van der Waals surface area contributed by atoms with Gasteiger partial charge in [0.25, 0.3) is 0 Å². The number of halogens is 4. The number of likely N-dealkylation sites (tertiary alicyclic amines) is 1. The fourth-order valence-corrected chi connectivity index (χ4v) is 5.94. The number of benzene rings is 2. The van der Waals surface area contributed by atoms with E-state index in [2.05, 4.69) is 26.3 Å². The van der Waals surface area contributed by atoms with E-state index < -0.39 is 24.2 Å². The number of hydrogen-bond acceptors (Lipinski definition) is 7. The Kier molecular flexibility index (Phi) is 8.71. The molecule has 0 bridgehead atoms. The number of carbonyl (C=O) groups excluding carboxylic acids is 1. The summed E-state index contributed by atoms with van der Waals surface area (Å²) < 4.78 is 58.7. The number of alkyl halides is 3. The number of ether oxygens (including phenoxy) is 3. The molecule has 0 spiro atoms. The molecule has 42 heavy (non-hydrogen) atoms. The molecule has 3 atom stereocenters. The monoisotopic (exact) mass is 648 g/mol. The van der Waals surface area contributed by atoms with E-state index in [1.54, 1.807) is 69.2 Å². The Balaban J connectivity index is 1.39. The van der Waals surface area contributed by atoms with Crippen LogP contribution in [-0.4, -0.2) is 59.5 Å². The van der Waals surface area contributed by atoms with Crippen molar-refractivity contribution in [1.29, 1.82) is 0 Å². The van der Waals surface area contributed by atoms with Crippen LogP contribution in [0.15, 0.2) is 82.3 Å². The standard InChI is InChI=1S/C29H30BrF3N5O4/c1-40-22-10-8-20(24(14-22)41-2)15-35-38-13-12-34-16-23(38)26(36-27(38)30)21-9-11-25(29(31,32)33)37(17-21)28(39)42-18-19-6-4-3-5-7-19/h3-8,10,12-14,16,21,25,35H,9,11,15,17-18H2,1-2H3/q+1. The van der Waals surface area contributed by atoms with Gasteiger partial charge in [0.2, 0.25) is 5.70 Å². The van der Waals surface area contributed by atoms with Crippen LogP contribution < -0.4 is 14.9 Å². The minimum absolute atomic E-state index is 0.0360. The Morgan fingerprint density at radius 1 is 1.14 bits per heavy atom. The molecule has 0 aromatic heterocycles. The number of rotatable bonds is 8. The third-order valence-electron chi connectivity index (χ3n) is 7.52. The van der Waals surface area contributed by atoms with Crippen molar-refractivity contribution in [2.75, 3.05) is 20.8 Å². The van der Waals surface area contributed by atoms with Crippen molar-refractivity contribution in [3.05, 3.63) is 83.5 Å². The highest BCUT2D eigenvalue weighted by molar-refractivity contribution is 9.18. The van der Waals surface area contributed by atoms with Crippen LogP contribution in [0.25, 0.3) is 0 Å². The third kappa shape index (κ3) is 5.94. The zero-order valence-corrected chi connectivity index (χ0v) is 24.6. The van der Waals surface area contributed by atoms with Gasteiger partial charge in [0, 0.05) is 40.0 Å². The highest BCUT2D eigenvalue weighted by Crippen LogP contribution is 2.42. The summed E-state index contributed by atoms with van der Waals surface area (Å²) >= 11 is 3.58. The van der Waals surface area contributed by atoms with Crippen molar-refractivity contribution in [1.82, 2.24) is 10.3 Å². The minimum atomic E-state index is -4.60. The van der Waals surface area contributed by atoms with Gasteiger partial charge in [-0.2, -0.15) is 18.2 Å². The molecule has 3 unspecified atom stereocenters. The predicted molar refractivity (Wildman–Crippen MR) is 154 cm³/mol. The molecule has 3 aliphatic heterocycles. The van der Waals surface area contributed by atoms with Gasteiger partial charge in [0.15, 0.2) is 0 Å². The fourth-order valence-electron chi connectivity index (χ4n) is 5.32. The Bertz CT molecular complexity index is 1450. The number of piperidine rings is 1. The number of fused-ring (bicyclic) bond motifs is 1. The molecule has 222 valence electrons. The van der Waals surface area contributed by atoms with Crippen molar-refractivity contribution in [2.24, 2.45) is 15.9 Å². The van der Waals surface area contributed by atoms with E-state index in [1.165, 1.54) is 0 Å². The van der Waals surface area contributed by atoms with Crippen LogP contribution in [0.3, 0.4) is 0 Å². The SMILES string of the molecule is COc1ccc(CN[N+]23C=CN=CC2=C(C2CCC(C(F)(F)F)N(C(=O)OCc4ccccc4)C2)N=C3Br)c(OC)c1. The first-order valence-corrected chi connectivity index (χ1v) is 14.0. The number of quaternary nitrogens is 1. The van der Waals surface area contributed by atoms with E-state index in [9.17, 15) is 18.0 Å². The van der Waals surface area contributed by atoms with Gasteiger partial charge in [-0.1, -0.05) is 36.4 Å². The van der Waals surface area contributed by atoms with Gasteiger partial charge >= 0.3 is 17.0 Å². The number of aliphatic imine (C=N–C) groups is 2. The molecule has 1 N–H and O–H groups in total. The lowest BCUT2D eigenvalue weighted by Crippen LogP contribution is -2.55. The van der Waals surface area contributed by atoms with Crippen LogP contribution >= 0.6 is 15.9 Å². The number of allylic oxidation sites excluding steroid dienone is 1. The van der Waals surface area contributed by atoms with Crippen LogP contribution in [0.1, 0.15) is 24.0 Å². The molecular formula is C29H30BrF3N5O4+. The van der Waals surface area contributed by atoms with Gasteiger partial charge in [-0.05, 0) is 24.5 Å². The second-order valence-electron chi connectivity index (χ2n) is 9.99. The van der Waals surface area contributed by atoms with Gasteiger partial charge in [-0.25, -0.2) is 4.79 Å². The second kappa shape index (κ2) is 12.3. The van der Waals surface area contributed by atoms with E-state index in [1.807, 2.05) is 12.1 Å². The Hall–Kier alpha value is -3.68. The van der Waals surface area contributed by atoms with Crippen LogP contribution in [0, 0.1) is 5.92 Å². The van der Waals surface area contributed by atoms with E-state index >= 15 is 0 Å². The average molecular weight is 649 g/mol. The number of amidine groups is 1. The first kappa shape index (κ1) is 29.8. The van der Waals surface area contributed by atoms with Gasteiger partial charge in [0.1, 0.15) is 36.0 Å². The number of nitrogens with one attached hydrogen (secondary N) is 1. The van der Waals surface area contributed by atoms with E-state index in [4.69, 9.17) is 19.2 Å². The van der Waals surface area contributed by atoms with E-state index in [0.29, 0.717) is 39.7 Å². The molecule has 1 fully saturated rings. The molecule has 3 aliphatic rings. The molecule has 9 nitrogen and oxygen atoms in total. The summed E-state index contributed by atoms with van der Waals surface area (Å²) in [6.07, 6.45) is -0.656. The summed E-state index contributed by atoms with van der Waals surface area (Å²) in [5, 5.41) is 0. The lowest BCUT2D eigenvalue weighted by Gasteiger charge is -2.39. The molecule has 13 heteroatoms. The highest BCUT2D eigenvalue weighted by Gasteiger charge is 2.52. The topological polar surface area (TPSA) is 84.8 Å². The fraction of sp³-hybridized carbons (Fsp3) is 0.345. The highest BCUT2D eigenvalue weighted by atomic mass is 79.9. The minimum Gasteiger partial charge on any atom is -0.497 e. The maximum atomic E-state index is 14.0. The Morgan fingerprint density at radius 2 is 1.93 bits per heavy atom. The summed E-state index contributed by atoms with van der Waals surface area (Å²) in [5.41, 5.74) is 6.20. The molecule has 0 aliphatic carbocycles. The van der Waals surface area contributed by atoms with Crippen LogP contribution in [0.5, 0.6) is 11.5 Å². The molecular weight excluding hydrogens is 619 g/mol. The molecule has 5 rings (SSSR count). The number of carbonyl (C=O) groups is 1. The van der Waals surface area contributed by atoms with Crippen molar-refractivity contribution in [3.8, 4) is 11.5 Å². The number of nitrogens with zero attached hydrogens (tertiary/aromatic N) is 4. The Labute approximate surface area is 249 Å². The van der Waals surface area contributed by atoms with Gasteiger partial charge < -0.3 is 14.2 Å². The molecule has 3 heterocycles. The zero-order valence-electron chi connectivity index (χ0n) is 23.0. The van der Waals surface area contributed by atoms with Crippen LogP contribution in [-0.2, 0) is 17.9 Å². The molecule has 2 aromatic rings. The van der Waals surface area contributed by atoms with Crippen LogP contribution in [0.2, 0.25) is 0 Å². The maximum absolute atomic E-state index is 14.0. The summed E-state index contributed by atoms with van der Waals surface area (Å²) in [6.45, 7) is 0.0228. The van der Waals surface area contributed by atoms with Crippen molar-refractivity contribution in [3.63, 3.8) is 0 Å². The summed E-state index contributed by atoms with van der Waals surface area (Å²) in [5.74, 6) is 0.800. The molecule has 0 radical (unpaired) electrons. The average Bonchev–Trinajstić information content (AvgIpc) is 3.30. The van der Waals surface area contributed by atoms with Crippen LogP contribution in [0.4, 0.5) is 18.0 Å². The Morgan fingerprint density at radius 3 is 2.64 bits per heavy atom. The first-order valence-electron chi connectivity index (χ1n) is 13.3. The first-order chi connectivity index (χ1) is 20.2. The van der Waals surface area contributed by atoms with Crippen molar-refractivity contribution < 1.29 is 36.8 Å². The van der Waals surface area contributed by atoms with Gasteiger partial charge in [0.05, 0.1) is 33.2 Å². The van der Waals surface area contributed by atoms with E-state index in [-0.39, 0.29) is 30.6 Å². The smallest absolute Gasteiger partial charge is 0.410 e. The lowest BCUT2D eigenvalue weighted by molar-refractivity contribution is -0.787. The number of amides is 1.